The molecule has 0 amide bonds. The molecular formula is C6H9ClO4. The van der Waals surface area contributed by atoms with E-state index >= 15 is 0 Å². The van der Waals surface area contributed by atoms with Crippen LogP contribution < -0.4 is 0 Å². The minimum Gasteiger partial charge on any atom is -0.421 e. The Labute approximate surface area is 69.4 Å². The molecule has 11 heavy (non-hydrogen) atoms. The highest BCUT2D eigenvalue weighted by molar-refractivity contribution is 6.17. The first-order valence-corrected chi connectivity index (χ1v) is 3.43. The van der Waals surface area contributed by atoms with Crippen LogP contribution in [0.2, 0.25) is 0 Å². The molecule has 0 radical (unpaired) electrons. The second-order valence-corrected chi connectivity index (χ2v) is 2.55. The zero-order chi connectivity index (χ0) is 8.91. The van der Waals surface area contributed by atoms with E-state index in [1.165, 1.54) is 13.8 Å². The predicted molar refractivity (Wildman–Crippen MR) is 38.4 cm³/mol. The van der Waals surface area contributed by atoms with Gasteiger partial charge in [0.15, 0.2) is 18.0 Å². The smallest absolute Gasteiger partial charge is 0.421 e. The van der Waals surface area contributed by atoms with Crippen LogP contribution in [0, 0.1) is 0 Å². The molecule has 4 nitrogen and oxygen atoms in total. The van der Waals surface area contributed by atoms with Crippen molar-refractivity contribution in [3.05, 3.63) is 0 Å². The second-order valence-electron chi connectivity index (χ2n) is 2.33. The Kier molecular flexibility index (Phi) is 3.89. The van der Waals surface area contributed by atoms with E-state index in [9.17, 15) is 9.59 Å². The van der Waals surface area contributed by atoms with Gasteiger partial charge in [0, 0.05) is 0 Å². The first kappa shape index (κ1) is 10.2. The van der Waals surface area contributed by atoms with Crippen molar-refractivity contribution in [1.29, 1.82) is 0 Å². The number of aldehydes is 1. The zero-order valence-electron chi connectivity index (χ0n) is 6.30. The highest BCUT2D eigenvalue weighted by Crippen LogP contribution is 2.06. The highest BCUT2D eigenvalue weighted by Gasteiger charge is 2.22. The first-order valence-electron chi connectivity index (χ1n) is 2.90. The van der Waals surface area contributed by atoms with E-state index in [4.69, 9.17) is 11.6 Å². The minimum atomic E-state index is -1.15. The van der Waals surface area contributed by atoms with Gasteiger partial charge >= 0.3 is 6.16 Å². The lowest BCUT2D eigenvalue weighted by Gasteiger charge is -2.16. The second kappa shape index (κ2) is 4.18. The van der Waals surface area contributed by atoms with E-state index in [-0.39, 0.29) is 6.07 Å². The van der Waals surface area contributed by atoms with Crippen LogP contribution in [0.1, 0.15) is 13.8 Å². The van der Waals surface area contributed by atoms with Gasteiger partial charge in [-0.1, -0.05) is 11.6 Å². The molecule has 0 spiro atoms. The van der Waals surface area contributed by atoms with Crippen LogP contribution in [0.25, 0.3) is 0 Å². The lowest BCUT2D eigenvalue weighted by atomic mass is 10.2. The summed E-state index contributed by atoms with van der Waals surface area (Å²) in [5, 5.41) is 0. The Morgan fingerprint density at radius 3 is 2.55 bits per heavy atom. The van der Waals surface area contributed by atoms with E-state index in [0.29, 0.717) is 6.29 Å². The van der Waals surface area contributed by atoms with Gasteiger partial charge in [-0.15, -0.1) is 0 Å². The average molecular weight is 181 g/mol. The lowest BCUT2D eigenvalue weighted by molar-refractivity contribution is -0.123. The van der Waals surface area contributed by atoms with Crippen molar-refractivity contribution in [2.75, 3.05) is 6.07 Å². The SMILES string of the molecule is CC(C)(C=O)OC(=O)OCCl. The molecule has 0 saturated carbocycles. The van der Waals surface area contributed by atoms with Crippen molar-refractivity contribution in [2.45, 2.75) is 19.4 Å². The van der Waals surface area contributed by atoms with Crippen LogP contribution in [0.4, 0.5) is 4.79 Å². The first-order chi connectivity index (χ1) is 5.02. The number of carbonyl (C=O) groups is 2. The van der Waals surface area contributed by atoms with E-state index in [2.05, 4.69) is 9.47 Å². The van der Waals surface area contributed by atoms with Gasteiger partial charge in [-0.05, 0) is 13.8 Å². The van der Waals surface area contributed by atoms with Crippen LogP contribution in [0.5, 0.6) is 0 Å². The molecule has 0 aliphatic heterocycles. The van der Waals surface area contributed by atoms with Crippen LogP contribution in [-0.2, 0) is 14.3 Å². The number of rotatable bonds is 3. The number of halogens is 1. The van der Waals surface area contributed by atoms with Gasteiger partial charge in [-0.25, -0.2) is 4.79 Å². The highest BCUT2D eigenvalue weighted by atomic mass is 35.5. The Morgan fingerprint density at radius 1 is 1.64 bits per heavy atom. The number of ether oxygens (including phenoxy) is 2. The summed E-state index contributed by atoms with van der Waals surface area (Å²) in [6.45, 7) is 2.88. The van der Waals surface area contributed by atoms with E-state index in [0.717, 1.165) is 0 Å². The Bertz CT molecular complexity index is 155. The fraction of sp³-hybridized carbons (Fsp3) is 0.667. The topological polar surface area (TPSA) is 52.6 Å². The van der Waals surface area contributed by atoms with Crippen molar-refractivity contribution in [2.24, 2.45) is 0 Å². The van der Waals surface area contributed by atoms with Crippen LogP contribution in [0.3, 0.4) is 0 Å². The maximum absolute atomic E-state index is 10.5. The monoisotopic (exact) mass is 180 g/mol. The molecule has 64 valence electrons. The molecule has 0 aliphatic rings. The molecule has 0 heterocycles. The molecule has 0 bridgehead atoms. The van der Waals surface area contributed by atoms with Crippen molar-refractivity contribution in [3.63, 3.8) is 0 Å². The van der Waals surface area contributed by atoms with Crippen molar-refractivity contribution < 1.29 is 19.1 Å². The molecule has 0 N–H and O–H groups in total. The van der Waals surface area contributed by atoms with Crippen molar-refractivity contribution in [3.8, 4) is 0 Å². The third-order valence-corrected chi connectivity index (χ3v) is 0.912. The van der Waals surface area contributed by atoms with Crippen LogP contribution >= 0.6 is 11.6 Å². The standard InChI is InChI=1S/C6H9ClO4/c1-6(2,3-8)11-5(9)10-4-7/h3H,4H2,1-2H3. The summed E-state index contributed by atoms with van der Waals surface area (Å²) < 4.78 is 8.74. The zero-order valence-corrected chi connectivity index (χ0v) is 7.05. The summed E-state index contributed by atoms with van der Waals surface area (Å²) in [6, 6.07) is -0.284. The molecule has 5 heteroatoms. The van der Waals surface area contributed by atoms with Gasteiger partial charge in [0.2, 0.25) is 0 Å². The van der Waals surface area contributed by atoms with E-state index in [1.54, 1.807) is 0 Å². The van der Waals surface area contributed by atoms with Crippen LogP contribution in [-0.4, -0.2) is 24.1 Å². The normalized spacial score (nSPS) is 10.5. The molecule has 0 atom stereocenters. The van der Waals surface area contributed by atoms with Gasteiger partial charge in [0.1, 0.15) is 0 Å². The summed E-state index contributed by atoms with van der Waals surface area (Å²) in [5.74, 6) is 0. The van der Waals surface area contributed by atoms with E-state index < -0.39 is 11.8 Å². The molecule has 0 rings (SSSR count). The van der Waals surface area contributed by atoms with Crippen molar-refractivity contribution in [1.82, 2.24) is 0 Å². The fourth-order valence-corrected chi connectivity index (χ4v) is 0.402. The molecule has 0 fully saturated rings. The van der Waals surface area contributed by atoms with Gasteiger partial charge in [-0.2, -0.15) is 0 Å². The maximum Gasteiger partial charge on any atom is 0.510 e. The molecular weight excluding hydrogens is 172 g/mol. The quantitative estimate of drug-likeness (QED) is 0.373. The summed E-state index contributed by atoms with van der Waals surface area (Å²) in [4.78, 5) is 20.7. The molecule has 0 unspecified atom stereocenters. The summed E-state index contributed by atoms with van der Waals surface area (Å²) in [7, 11) is 0. The molecule has 0 saturated heterocycles. The molecule has 0 aromatic heterocycles. The van der Waals surface area contributed by atoms with Crippen LogP contribution in [0.15, 0.2) is 0 Å². The maximum atomic E-state index is 10.5. The minimum absolute atomic E-state index is 0.284. The number of alkyl halides is 1. The third-order valence-electron chi connectivity index (χ3n) is 0.803. The van der Waals surface area contributed by atoms with Gasteiger partial charge in [0.25, 0.3) is 0 Å². The van der Waals surface area contributed by atoms with Gasteiger partial charge in [-0.3, -0.25) is 4.79 Å². The number of hydrogen-bond acceptors (Lipinski definition) is 4. The predicted octanol–water partition coefficient (Wildman–Crippen LogP) is 1.31. The van der Waals surface area contributed by atoms with E-state index in [1.807, 2.05) is 0 Å². The molecule has 0 aromatic rings. The summed E-state index contributed by atoms with van der Waals surface area (Å²) in [5.41, 5.74) is -1.15. The molecule has 0 aromatic carbocycles. The number of hydrogen-bond donors (Lipinski definition) is 0. The largest absolute Gasteiger partial charge is 0.510 e. The average Bonchev–Trinajstić information content (AvgIpc) is 1.87. The Balaban J connectivity index is 3.83. The number of carbonyl (C=O) groups excluding carboxylic acids is 2. The van der Waals surface area contributed by atoms with Crippen molar-refractivity contribution >= 4 is 24.0 Å². The Hall–Kier alpha value is -0.770. The van der Waals surface area contributed by atoms with Gasteiger partial charge < -0.3 is 9.47 Å². The molecule has 0 aliphatic carbocycles. The summed E-state index contributed by atoms with van der Waals surface area (Å²) >= 11 is 5.06. The summed E-state index contributed by atoms with van der Waals surface area (Å²) in [6.07, 6.45) is -0.445. The third kappa shape index (κ3) is 4.61. The lowest BCUT2D eigenvalue weighted by Crippen LogP contribution is -2.29. The Morgan fingerprint density at radius 2 is 2.18 bits per heavy atom. The van der Waals surface area contributed by atoms with Gasteiger partial charge in [0.05, 0.1) is 0 Å². The fourth-order valence-electron chi connectivity index (χ4n) is 0.313.